The highest BCUT2D eigenvalue weighted by Crippen LogP contribution is 2.28. The third-order valence-electron chi connectivity index (χ3n) is 3.36. The minimum Gasteiger partial charge on any atom is -0.360 e. The number of para-hydroxylation sites is 1. The summed E-state index contributed by atoms with van der Waals surface area (Å²) in [6, 6.07) is 8.07. The van der Waals surface area contributed by atoms with E-state index in [1.54, 1.807) is 7.05 Å². The maximum Gasteiger partial charge on any atom is 0.271 e. The second kappa shape index (κ2) is 4.44. The normalized spacial score (nSPS) is 11.3. The lowest BCUT2D eigenvalue weighted by atomic mass is 10.1. The molecule has 5 nitrogen and oxygen atoms in total. The molecular formula is C14H16N4O. The van der Waals surface area contributed by atoms with Gasteiger partial charge in [-0.25, -0.2) is 0 Å². The molecule has 19 heavy (non-hydrogen) atoms. The Morgan fingerprint density at radius 3 is 2.89 bits per heavy atom. The van der Waals surface area contributed by atoms with Gasteiger partial charge in [-0.05, 0) is 13.1 Å². The van der Waals surface area contributed by atoms with E-state index in [4.69, 9.17) is 0 Å². The Hall–Kier alpha value is -2.27. The van der Waals surface area contributed by atoms with Crippen LogP contribution in [0.2, 0.25) is 0 Å². The summed E-state index contributed by atoms with van der Waals surface area (Å²) in [6.45, 7) is 0.547. The predicted octanol–water partition coefficient (Wildman–Crippen LogP) is 1.58. The van der Waals surface area contributed by atoms with Gasteiger partial charge in [-0.2, -0.15) is 0 Å². The highest BCUT2D eigenvalue weighted by Gasteiger charge is 2.16. The standard InChI is InChI=1S/C14H16N4O/c1-15-7-11-13(17-18(2)14(11)19)10-8-16-12-6-4-3-5-9(10)12/h3-6,8,15-17H,7H2,1-2H3. The molecule has 0 bridgehead atoms. The number of aromatic nitrogens is 3. The first-order valence-corrected chi connectivity index (χ1v) is 6.21. The monoisotopic (exact) mass is 256 g/mol. The second-order valence-corrected chi connectivity index (χ2v) is 4.61. The molecule has 0 saturated carbocycles. The van der Waals surface area contributed by atoms with Crippen LogP contribution in [0.25, 0.3) is 22.2 Å². The zero-order chi connectivity index (χ0) is 13.4. The molecule has 5 heteroatoms. The number of rotatable bonds is 3. The van der Waals surface area contributed by atoms with Gasteiger partial charge in [0.1, 0.15) is 0 Å². The van der Waals surface area contributed by atoms with E-state index in [1.807, 2.05) is 31.4 Å². The lowest BCUT2D eigenvalue weighted by Gasteiger charge is -2.00. The van der Waals surface area contributed by atoms with Gasteiger partial charge in [-0.1, -0.05) is 18.2 Å². The van der Waals surface area contributed by atoms with Gasteiger partial charge in [-0.3, -0.25) is 14.6 Å². The number of aryl methyl sites for hydroxylation is 1. The van der Waals surface area contributed by atoms with E-state index in [9.17, 15) is 4.79 Å². The molecule has 3 N–H and O–H groups in total. The molecular weight excluding hydrogens is 240 g/mol. The van der Waals surface area contributed by atoms with E-state index in [0.717, 1.165) is 27.7 Å². The van der Waals surface area contributed by atoms with Gasteiger partial charge in [0.05, 0.1) is 11.3 Å². The Labute approximate surface area is 110 Å². The van der Waals surface area contributed by atoms with Crippen molar-refractivity contribution in [1.82, 2.24) is 20.1 Å². The van der Waals surface area contributed by atoms with Crippen molar-refractivity contribution >= 4 is 10.9 Å². The molecule has 0 saturated heterocycles. The smallest absolute Gasteiger partial charge is 0.271 e. The predicted molar refractivity (Wildman–Crippen MR) is 76.1 cm³/mol. The fourth-order valence-electron chi connectivity index (χ4n) is 2.44. The van der Waals surface area contributed by atoms with Gasteiger partial charge >= 0.3 is 0 Å². The number of fused-ring (bicyclic) bond motifs is 1. The number of H-pyrrole nitrogens is 2. The average molecular weight is 256 g/mol. The molecule has 1 aromatic carbocycles. The van der Waals surface area contributed by atoms with Crippen LogP contribution in [0, 0.1) is 0 Å². The maximum atomic E-state index is 12.1. The van der Waals surface area contributed by atoms with Crippen LogP contribution in [-0.2, 0) is 13.6 Å². The quantitative estimate of drug-likeness (QED) is 0.666. The number of nitrogens with one attached hydrogen (secondary N) is 3. The third-order valence-corrected chi connectivity index (χ3v) is 3.36. The number of hydrogen-bond donors (Lipinski definition) is 3. The van der Waals surface area contributed by atoms with Crippen LogP contribution in [0.1, 0.15) is 5.56 Å². The molecule has 2 aromatic heterocycles. The molecule has 98 valence electrons. The number of benzene rings is 1. The van der Waals surface area contributed by atoms with Crippen LogP contribution in [-0.4, -0.2) is 21.8 Å². The highest BCUT2D eigenvalue weighted by atomic mass is 16.1. The van der Waals surface area contributed by atoms with Crippen LogP contribution in [0.15, 0.2) is 35.3 Å². The molecule has 0 aliphatic rings. The summed E-state index contributed by atoms with van der Waals surface area (Å²) in [6.07, 6.45) is 1.94. The molecule has 3 aromatic rings. The van der Waals surface area contributed by atoms with Crippen molar-refractivity contribution in [3.05, 3.63) is 46.4 Å². The topological polar surface area (TPSA) is 65.6 Å². The molecule has 0 radical (unpaired) electrons. The maximum absolute atomic E-state index is 12.1. The van der Waals surface area contributed by atoms with E-state index in [2.05, 4.69) is 21.5 Å². The van der Waals surface area contributed by atoms with Crippen LogP contribution in [0.5, 0.6) is 0 Å². The largest absolute Gasteiger partial charge is 0.360 e. The Morgan fingerprint density at radius 2 is 2.11 bits per heavy atom. The summed E-state index contributed by atoms with van der Waals surface area (Å²) in [4.78, 5) is 15.3. The van der Waals surface area contributed by atoms with Gasteiger partial charge < -0.3 is 10.3 Å². The van der Waals surface area contributed by atoms with Crippen molar-refractivity contribution in [3.63, 3.8) is 0 Å². The van der Waals surface area contributed by atoms with Crippen LogP contribution in [0.3, 0.4) is 0 Å². The third kappa shape index (κ3) is 1.79. The lowest BCUT2D eigenvalue weighted by molar-refractivity contribution is 0.734. The van der Waals surface area contributed by atoms with Crippen molar-refractivity contribution in [2.45, 2.75) is 6.54 Å². The molecule has 2 heterocycles. The number of aromatic amines is 2. The van der Waals surface area contributed by atoms with E-state index in [1.165, 1.54) is 4.68 Å². The van der Waals surface area contributed by atoms with Gasteiger partial charge in [0, 0.05) is 36.3 Å². The Morgan fingerprint density at radius 1 is 1.32 bits per heavy atom. The Balaban J connectivity index is 2.27. The van der Waals surface area contributed by atoms with Crippen molar-refractivity contribution in [2.24, 2.45) is 7.05 Å². The highest BCUT2D eigenvalue weighted by molar-refractivity contribution is 5.95. The summed E-state index contributed by atoms with van der Waals surface area (Å²) in [5, 5.41) is 7.29. The van der Waals surface area contributed by atoms with Crippen LogP contribution >= 0.6 is 0 Å². The zero-order valence-corrected chi connectivity index (χ0v) is 10.9. The van der Waals surface area contributed by atoms with Gasteiger partial charge in [0.25, 0.3) is 5.56 Å². The summed E-state index contributed by atoms with van der Waals surface area (Å²) in [5.74, 6) is 0. The molecule has 0 spiro atoms. The van der Waals surface area contributed by atoms with Gasteiger partial charge in [0.2, 0.25) is 0 Å². The summed E-state index contributed by atoms with van der Waals surface area (Å²) in [5.41, 5.74) is 3.74. The first kappa shape index (κ1) is 11.8. The minimum absolute atomic E-state index is 0.00892. The first-order valence-electron chi connectivity index (χ1n) is 6.21. The van der Waals surface area contributed by atoms with Gasteiger partial charge in [-0.15, -0.1) is 0 Å². The Bertz CT molecular complexity index is 778. The van der Waals surface area contributed by atoms with Crippen molar-refractivity contribution < 1.29 is 0 Å². The minimum atomic E-state index is 0.00892. The Kier molecular flexibility index (Phi) is 2.76. The molecule has 0 fully saturated rings. The summed E-state index contributed by atoms with van der Waals surface area (Å²) < 4.78 is 1.52. The fourth-order valence-corrected chi connectivity index (χ4v) is 2.44. The van der Waals surface area contributed by atoms with Crippen molar-refractivity contribution in [1.29, 1.82) is 0 Å². The second-order valence-electron chi connectivity index (χ2n) is 4.61. The summed E-state index contributed by atoms with van der Waals surface area (Å²) in [7, 11) is 3.57. The van der Waals surface area contributed by atoms with Crippen LogP contribution < -0.4 is 10.9 Å². The van der Waals surface area contributed by atoms with Gasteiger partial charge in [0.15, 0.2) is 0 Å². The first-order chi connectivity index (χ1) is 9.22. The zero-order valence-electron chi connectivity index (χ0n) is 10.9. The molecule has 0 atom stereocenters. The number of nitrogens with zero attached hydrogens (tertiary/aromatic N) is 1. The molecule has 0 unspecified atom stereocenters. The van der Waals surface area contributed by atoms with E-state index >= 15 is 0 Å². The van der Waals surface area contributed by atoms with Crippen LogP contribution in [0.4, 0.5) is 0 Å². The molecule has 0 aliphatic carbocycles. The fraction of sp³-hybridized carbons (Fsp3) is 0.214. The van der Waals surface area contributed by atoms with E-state index < -0.39 is 0 Å². The average Bonchev–Trinajstić information content (AvgIpc) is 2.95. The van der Waals surface area contributed by atoms with E-state index in [-0.39, 0.29) is 5.56 Å². The lowest BCUT2D eigenvalue weighted by Crippen LogP contribution is -2.19. The van der Waals surface area contributed by atoms with E-state index in [0.29, 0.717) is 6.54 Å². The van der Waals surface area contributed by atoms with Crippen molar-refractivity contribution in [3.8, 4) is 11.3 Å². The number of hydrogen-bond acceptors (Lipinski definition) is 2. The molecule has 3 rings (SSSR count). The molecule has 0 aliphatic heterocycles. The summed E-state index contributed by atoms with van der Waals surface area (Å²) >= 11 is 0. The molecule has 0 amide bonds. The van der Waals surface area contributed by atoms with Crippen molar-refractivity contribution in [2.75, 3.05) is 7.05 Å². The SMILES string of the molecule is CNCc1c(-c2c[nH]c3ccccc23)[nH]n(C)c1=O.